The fourth-order valence-electron chi connectivity index (χ4n) is 2.19. The number of benzene rings is 1. The van der Waals surface area contributed by atoms with Crippen LogP contribution in [-0.4, -0.2) is 36.9 Å². The number of methoxy groups -OCH3 is 1. The van der Waals surface area contributed by atoms with Gasteiger partial charge in [0.05, 0.1) is 13.2 Å². The summed E-state index contributed by atoms with van der Waals surface area (Å²) < 4.78 is 18.9. The molecule has 1 saturated heterocycles. The first-order valence-electron chi connectivity index (χ1n) is 6.39. The number of imide groups is 1. The highest BCUT2D eigenvalue weighted by atomic mass is 19.1. The summed E-state index contributed by atoms with van der Waals surface area (Å²) in [5.74, 6) is -0.716. The van der Waals surface area contributed by atoms with Crippen LogP contribution < -0.4 is 10.1 Å². The monoisotopic (exact) mass is 280 g/mol. The van der Waals surface area contributed by atoms with E-state index in [4.69, 9.17) is 4.74 Å². The summed E-state index contributed by atoms with van der Waals surface area (Å²) in [6, 6.07) is 4.41. The summed E-state index contributed by atoms with van der Waals surface area (Å²) in [5.41, 5.74) is 0.428. The number of carbonyl (C=O) groups is 2. The highest BCUT2D eigenvalue weighted by Crippen LogP contribution is 2.20. The second kappa shape index (κ2) is 6.00. The summed E-state index contributed by atoms with van der Waals surface area (Å²) in [4.78, 5) is 24.4. The van der Waals surface area contributed by atoms with Gasteiger partial charge in [0.25, 0.3) is 0 Å². The van der Waals surface area contributed by atoms with Crippen LogP contribution in [0.2, 0.25) is 0 Å². The molecule has 0 radical (unpaired) electrons. The molecule has 5 nitrogen and oxygen atoms in total. The van der Waals surface area contributed by atoms with Crippen LogP contribution in [0, 0.1) is 5.82 Å². The Labute approximate surface area is 116 Å². The molecule has 0 bridgehead atoms. The standard InChI is InChI=1S/C14H17FN2O3/c1-17-12(18)7-6-10(14(17)19)16-8-9-4-3-5-11(20-2)13(9)15/h3-5,10,16H,6-8H2,1-2H3. The number of rotatable bonds is 4. The van der Waals surface area contributed by atoms with E-state index in [2.05, 4.69) is 5.32 Å². The van der Waals surface area contributed by atoms with Crippen molar-refractivity contribution >= 4 is 11.8 Å². The van der Waals surface area contributed by atoms with Crippen molar-refractivity contribution < 1.29 is 18.7 Å². The Morgan fingerprint density at radius 3 is 2.90 bits per heavy atom. The maximum atomic E-state index is 13.9. The van der Waals surface area contributed by atoms with Gasteiger partial charge >= 0.3 is 0 Å². The third-order valence-corrected chi connectivity index (χ3v) is 3.45. The van der Waals surface area contributed by atoms with E-state index < -0.39 is 11.9 Å². The number of carbonyl (C=O) groups excluding carboxylic acids is 2. The lowest BCUT2D eigenvalue weighted by molar-refractivity contribution is -0.148. The molecular formula is C14H17FN2O3. The normalized spacial score (nSPS) is 19.4. The Kier molecular flexibility index (Phi) is 4.34. The smallest absolute Gasteiger partial charge is 0.246 e. The Hall–Kier alpha value is -1.95. The molecule has 6 heteroatoms. The Balaban J connectivity index is 2.02. The number of amides is 2. The van der Waals surface area contributed by atoms with Crippen molar-refractivity contribution in [1.29, 1.82) is 0 Å². The van der Waals surface area contributed by atoms with Gasteiger partial charge in [0.15, 0.2) is 11.6 Å². The summed E-state index contributed by atoms with van der Waals surface area (Å²) in [6.45, 7) is 0.210. The zero-order chi connectivity index (χ0) is 14.7. The lowest BCUT2D eigenvalue weighted by atomic mass is 10.0. The van der Waals surface area contributed by atoms with Crippen molar-refractivity contribution in [3.63, 3.8) is 0 Å². The quantitative estimate of drug-likeness (QED) is 0.838. The molecule has 1 atom stereocenters. The predicted octanol–water partition coefficient (Wildman–Crippen LogP) is 1.07. The van der Waals surface area contributed by atoms with E-state index in [-0.39, 0.29) is 24.1 Å². The molecule has 0 saturated carbocycles. The Morgan fingerprint density at radius 2 is 2.20 bits per heavy atom. The van der Waals surface area contributed by atoms with Gasteiger partial charge in [-0.2, -0.15) is 0 Å². The van der Waals surface area contributed by atoms with E-state index in [1.165, 1.54) is 20.2 Å². The largest absolute Gasteiger partial charge is 0.494 e. The Bertz CT molecular complexity index is 533. The number of nitrogens with zero attached hydrogens (tertiary/aromatic N) is 1. The van der Waals surface area contributed by atoms with E-state index in [1.807, 2.05) is 0 Å². The van der Waals surface area contributed by atoms with Crippen molar-refractivity contribution in [2.45, 2.75) is 25.4 Å². The number of likely N-dealkylation sites (tertiary alicyclic amines) is 1. The van der Waals surface area contributed by atoms with Gasteiger partial charge in [0, 0.05) is 25.6 Å². The van der Waals surface area contributed by atoms with Crippen molar-refractivity contribution in [2.24, 2.45) is 0 Å². The number of piperidine rings is 1. The minimum atomic E-state index is -0.455. The molecule has 1 heterocycles. The van der Waals surface area contributed by atoms with Crippen LogP contribution in [-0.2, 0) is 16.1 Å². The van der Waals surface area contributed by atoms with Crippen molar-refractivity contribution in [3.05, 3.63) is 29.6 Å². The number of likely N-dealkylation sites (N-methyl/N-ethyl adjacent to an activating group) is 1. The van der Waals surface area contributed by atoms with Crippen LogP contribution in [0.4, 0.5) is 4.39 Å². The van der Waals surface area contributed by atoms with Crippen molar-refractivity contribution in [3.8, 4) is 5.75 Å². The number of halogens is 1. The van der Waals surface area contributed by atoms with E-state index in [0.29, 0.717) is 18.4 Å². The molecule has 0 aliphatic carbocycles. The number of ether oxygens (including phenoxy) is 1. The molecule has 1 unspecified atom stereocenters. The van der Waals surface area contributed by atoms with E-state index in [0.717, 1.165) is 4.90 Å². The lowest BCUT2D eigenvalue weighted by Gasteiger charge is -2.28. The molecule has 1 aliphatic rings. The molecule has 1 aromatic rings. The summed E-state index contributed by atoms with van der Waals surface area (Å²) >= 11 is 0. The van der Waals surface area contributed by atoms with Crippen LogP contribution >= 0.6 is 0 Å². The fourth-order valence-corrected chi connectivity index (χ4v) is 2.19. The number of nitrogens with one attached hydrogen (secondary N) is 1. The predicted molar refractivity (Wildman–Crippen MR) is 70.6 cm³/mol. The third-order valence-electron chi connectivity index (χ3n) is 3.45. The fraction of sp³-hybridized carbons (Fsp3) is 0.429. The minimum Gasteiger partial charge on any atom is -0.494 e. The van der Waals surface area contributed by atoms with Crippen LogP contribution in [0.25, 0.3) is 0 Å². The second-order valence-electron chi connectivity index (χ2n) is 4.70. The lowest BCUT2D eigenvalue weighted by Crippen LogP contribution is -2.51. The average molecular weight is 280 g/mol. The molecule has 108 valence electrons. The maximum absolute atomic E-state index is 13.9. The molecule has 1 N–H and O–H groups in total. The van der Waals surface area contributed by atoms with Crippen LogP contribution in [0.15, 0.2) is 18.2 Å². The van der Waals surface area contributed by atoms with Crippen molar-refractivity contribution in [2.75, 3.05) is 14.2 Å². The van der Waals surface area contributed by atoms with E-state index in [9.17, 15) is 14.0 Å². The van der Waals surface area contributed by atoms with Gasteiger partial charge < -0.3 is 10.1 Å². The molecule has 1 fully saturated rings. The van der Waals surface area contributed by atoms with E-state index >= 15 is 0 Å². The zero-order valence-corrected chi connectivity index (χ0v) is 11.5. The van der Waals surface area contributed by atoms with Gasteiger partial charge in [-0.1, -0.05) is 12.1 Å². The number of hydrogen-bond donors (Lipinski definition) is 1. The van der Waals surface area contributed by atoms with Crippen LogP contribution in [0.1, 0.15) is 18.4 Å². The highest BCUT2D eigenvalue weighted by Gasteiger charge is 2.31. The first-order valence-corrected chi connectivity index (χ1v) is 6.39. The minimum absolute atomic E-state index is 0.173. The van der Waals surface area contributed by atoms with Gasteiger partial charge in [0.2, 0.25) is 11.8 Å². The first-order chi connectivity index (χ1) is 9.54. The molecule has 0 spiro atoms. The Morgan fingerprint density at radius 1 is 1.45 bits per heavy atom. The van der Waals surface area contributed by atoms with Gasteiger partial charge in [-0.3, -0.25) is 14.5 Å². The molecular weight excluding hydrogens is 263 g/mol. The van der Waals surface area contributed by atoms with Gasteiger partial charge in [-0.05, 0) is 12.5 Å². The molecule has 1 aromatic carbocycles. The van der Waals surface area contributed by atoms with E-state index in [1.54, 1.807) is 12.1 Å². The van der Waals surface area contributed by atoms with Gasteiger partial charge in [0.1, 0.15) is 0 Å². The second-order valence-corrected chi connectivity index (χ2v) is 4.70. The summed E-state index contributed by atoms with van der Waals surface area (Å²) in [5, 5.41) is 2.99. The topological polar surface area (TPSA) is 58.6 Å². The van der Waals surface area contributed by atoms with Gasteiger partial charge in [-0.15, -0.1) is 0 Å². The summed E-state index contributed by atoms with van der Waals surface area (Å²) in [6.07, 6.45) is 0.758. The zero-order valence-electron chi connectivity index (χ0n) is 11.5. The van der Waals surface area contributed by atoms with Crippen LogP contribution in [0.3, 0.4) is 0 Å². The van der Waals surface area contributed by atoms with Crippen molar-refractivity contribution in [1.82, 2.24) is 10.2 Å². The average Bonchev–Trinajstić information content (AvgIpc) is 2.45. The number of hydrogen-bond acceptors (Lipinski definition) is 4. The molecule has 2 rings (SSSR count). The molecule has 0 aromatic heterocycles. The van der Waals surface area contributed by atoms with Crippen LogP contribution in [0.5, 0.6) is 5.75 Å². The summed E-state index contributed by atoms with van der Waals surface area (Å²) in [7, 11) is 2.87. The highest BCUT2D eigenvalue weighted by molar-refractivity contribution is 6.00. The van der Waals surface area contributed by atoms with Gasteiger partial charge in [-0.25, -0.2) is 4.39 Å². The first kappa shape index (κ1) is 14.5. The molecule has 2 amide bonds. The molecule has 20 heavy (non-hydrogen) atoms. The molecule has 1 aliphatic heterocycles. The maximum Gasteiger partial charge on any atom is 0.246 e. The third kappa shape index (κ3) is 2.80. The SMILES string of the molecule is COc1cccc(CNC2CCC(=O)N(C)C2=O)c1F.